The molecule has 1 saturated carbocycles. The van der Waals surface area contributed by atoms with E-state index in [1.165, 1.54) is 24.8 Å². The fraction of sp³-hybridized carbons (Fsp3) is 0.611. The van der Waals surface area contributed by atoms with Crippen molar-refractivity contribution >= 4 is 5.91 Å². The Bertz CT molecular complexity index is 476. The fourth-order valence-corrected chi connectivity index (χ4v) is 2.79. The third kappa shape index (κ3) is 4.76. The molecular weight excluding hydrogens is 262 g/mol. The number of hydrogen-bond donors (Lipinski definition) is 1. The van der Waals surface area contributed by atoms with E-state index in [2.05, 4.69) is 31.3 Å². The Kier molecular flexibility index (Phi) is 5.66. The molecule has 0 spiro atoms. The summed E-state index contributed by atoms with van der Waals surface area (Å²) >= 11 is 0. The van der Waals surface area contributed by atoms with Crippen molar-refractivity contribution in [1.82, 2.24) is 5.32 Å². The highest BCUT2D eigenvalue weighted by Gasteiger charge is 2.16. The lowest BCUT2D eigenvalue weighted by Gasteiger charge is -2.22. The molecule has 0 unspecified atom stereocenters. The number of amides is 1. The largest absolute Gasteiger partial charge is 0.483 e. The summed E-state index contributed by atoms with van der Waals surface area (Å²) in [7, 11) is 0. The fourth-order valence-electron chi connectivity index (χ4n) is 2.79. The van der Waals surface area contributed by atoms with Gasteiger partial charge in [0.15, 0.2) is 6.61 Å². The number of aryl methyl sites for hydroxylation is 1. The third-order valence-electron chi connectivity index (χ3n) is 4.21. The van der Waals surface area contributed by atoms with Crippen LogP contribution in [0.25, 0.3) is 0 Å². The topological polar surface area (TPSA) is 38.3 Å². The smallest absolute Gasteiger partial charge is 0.258 e. The van der Waals surface area contributed by atoms with Gasteiger partial charge in [-0.1, -0.05) is 45.2 Å². The minimum absolute atomic E-state index is 0.00347. The number of carbonyl (C=O) groups excluding carboxylic acids is 1. The first-order valence-corrected chi connectivity index (χ1v) is 8.09. The van der Waals surface area contributed by atoms with Crippen LogP contribution in [0.15, 0.2) is 18.2 Å². The van der Waals surface area contributed by atoms with Gasteiger partial charge in [-0.3, -0.25) is 4.79 Å². The van der Waals surface area contributed by atoms with Gasteiger partial charge in [-0.25, -0.2) is 0 Å². The van der Waals surface area contributed by atoms with Gasteiger partial charge in [0.25, 0.3) is 5.91 Å². The third-order valence-corrected chi connectivity index (χ3v) is 4.21. The second-order valence-corrected chi connectivity index (χ2v) is 6.37. The molecule has 0 bridgehead atoms. The molecule has 0 radical (unpaired) electrons. The minimum Gasteiger partial charge on any atom is -0.483 e. The summed E-state index contributed by atoms with van der Waals surface area (Å²) in [6.07, 6.45) is 5.95. The van der Waals surface area contributed by atoms with Crippen LogP contribution in [0.5, 0.6) is 5.75 Å². The highest BCUT2D eigenvalue weighted by atomic mass is 16.5. The zero-order valence-electron chi connectivity index (χ0n) is 13.4. The first-order chi connectivity index (χ1) is 10.1. The van der Waals surface area contributed by atoms with Gasteiger partial charge in [0.2, 0.25) is 0 Å². The molecule has 0 aromatic heterocycles. The number of ether oxygens (including phenoxy) is 1. The van der Waals surface area contributed by atoms with Crippen LogP contribution in [0.2, 0.25) is 0 Å². The Labute approximate surface area is 128 Å². The Balaban J connectivity index is 1.86. The van der Waals surface area contributed by atoms with Crippen molar-refractivity contribution in [2.24, 2.45) is 0 Å². The molecule has 0 saturated heterocycles. The van der Waals surface area contributed by atoms with E-state index in [1.807, 2.05) is 13.0 Å². The van der Waals surface area contributed by atoms with E-state index in [-0.39, 0.29) is 12.5 Å². The van der Waals surface area contributed by atoms with Crippen molar-refractivity contribution in [2.75, 3.05) is 6.61 Å². The molecule has 1 aliphatic rings. The van der Waals surface area contributed by atoms with E-state index >= 15 is 0 Å². The molecule has 1 aliphatic carbocycles. The van der Waals surface area contributed by atoms with Gasteiger partial charge in [-0.15, -0.1) is 0 Å². The van der Waals surface area contributed by atoms with Crippen molar-refractivity contribution in [3.63, 3.8) is 0 Å². The molecule has 1 amide bonds. The number of nitrogens with one attached hydrogen (secondary N) is 1. The van der Waals surface area contributed by atoms with Crippen LogP contribution in [-0.2, 0) is 4.79 Å². The first kappa shape index (κ1) is 15.9. The predicted octanol–water partition coefficient (Wildman–Crippen LogP) is 3.95. The second kappa shape index (κ2) is 7.48. The van der Waals surface area contributed by atoms with E-state index in [0.717, 1.165) is 24.2 Å². The summed E-state index contributed by atoms with van der Waals surface area (Å²) in [6.45, 7) is 6.44. The van der Waals surface area contributed by atoms with Gasteiger partial charge in [0.05, 0.1) is 0 Å². The van der Waals surface area contributed by atoms with Crippen molar-refractivity contribution in [3.05, 3.63) is 29.3 Å². The van der Waals surface area contributed by atoms with Crippen molar-refractivity contribution in [2.45, 2.75) is 64.8 Å². The molecular formula is C18H27NO2. The average molecular weight is 289 g/mol. The average Bonchev–Trinajstić information content (AvgIpc) is 2.47. The highest BCUT2D eigenvalue weighted by molar-refractivity contribution is 5.77. The van der Waals surface area contributed by atoms with E-state index < -0.39 is 0 Å². The summed E-state index contributed by atoms with van der Waals surface area (Å²) in [6, 6.07) is 6.57. The Morgan fingerprint density at radius 2 is 2.00 bits per heavy atom. The van der Waals surface area contributed by atoms with Crippen LogP contribution in [0.3, 0.4) is 0 Å². The lowest BCUT2D eigenvalue weighted by atomic mass is 9.95. The molecule has 3 nitrogen and oxygen atoms in total. The van der Waals surface area contributed by atoms with Crippen LogP contribution in [0, 0.1) is 6.92 Å². The molecule has 21 heavy (non-hydrogen) atoms. The Morgan fingerprint density at radius 1 is 1.29 bits per heavy atom. The summed E-state index contributed by atoms with van der Waals surface area (Å²) in [5, 5.41) is 3.08. The van der Waals surface area contributed by atoms with Gasteiger partial charge in [0, 0.05) is 6.04 Å². The van der Waals surface area contributed by atoms with Crippen LogP contribution in [0.1, 0.15) is 63.0 Å². The van der Waals surface area contributed by atoms with E-state index in [9.17, 15) is 4.79 Å². The molecule has 1 fully saturated rings. The zero-order valence-corrected chi connectivity index (χ0v) is 13.4. The summed E-state index contributed by atoms with van der Waals surface area (Å²) in [5.74, 6) is 1.28. The maximum atomic E-state index is 12.0. The SMILES string of the molecule is Cc1ccc(C(C)C)cc1OCC(=O)NC1CCCCC1. The summed E-state index contributed by atoms with van der Waals surface area (Å²) in [4.78, 5) is 12.0. The maximum absolute atomic E-state index is 12.0. The number of carbonyl (C=O) groups is 1. The van der Waals surface area contributed by atoms with Crippen LogP contribution < -0.4 is 10.1 Å². The number of benzene rings is 1. The molecule has 2 rings (SSSR count). The van der Waals surface area contributed by atoms with Crippen molar-refractivity contribution < 1.29 is 9.53 Å². The molecule has 0 aliphatic heterocycles. The molecule has 1 N–H and O–H groups in total. The molecule has 116 valence electrons. The van der Waals surface area contributed by atoms with Crippen molar-refractivity contribution in [1.29, 1.82) is 0 Å². The molecule has 1 aromatic carbocycles. The second-order valence-electron chi connectivity index (χ2n) is 6.37. The van der Waals surface area contributed by atoms with Crippen LogP contribution >= 0.6 is 0 Å². The number of rotatable bonds is 5. The predicted molar refractivity (Wildman–Crippen MR) is 85.8 cm³/mol. The molecule has 3 heteroatoms. The van der Waals surface area contributed by atoms with Gasteiger partial charge < -0.3 is 10.1 Å². The molecule has 1 aromatic rings. The Morgan fingerprint density at radius 3 is 2.67 bits per heavy atom. The van der Waals surface area contributed by atoms with Gasteiger partial charge >= 0.3 is 0 Å². The van der Waals surface area contributed by atoms with Crippen molar-refractivity contribution in [3.8, 4) is 5.75 Å². The zero-order chi connectivity index (χ0) is 15.2. The van der Waals surface area contributed by atoms with Crippen LogP contribution in [-0.4, -0.2) is 18.6 Å². The quantitative estimate of drug-likeness (QED) is 0.891. The normalized spacial score (nSPS) is 16.0. The first-order valence-electron chi connectivity index (χ1n) is 8.09. The summed E-state index contributed by atoms with van der Waals surface area (Å²) in [5.41, 5.74) is 2.31. The van der Waals surface area contributed by atoms with E-state index in [4.69, 9.17) is 4.74 Å². The molecule has 0 heterocycles. The molecule has 0 atom stereocenters. The maximum Gasteiger partial charge on any atom is 0.258 e. The lowest BCUT2D eigenvalue weighted by Crippen LogP contribution is -2.39. The standard InChI is InChI=1S/C18H27NO2/c1-13(2)15-10-9-14(3)17(11-15)21-12-18(20)19-16-7-5-4-6-8-16/h9-11,13,16H,4-8,12H2,1-3H3,(H,19,20). The lowest BCUT2D eigenvalue weighted by molar-refractivity contribution is -0.124. The number of hydrogen-bond acceptors (Lipinski definition) is 2. The Hall–Kier alpha value is -1.51. The summed E-state index contributed by atoms with van der Waals surface area (Å²) < 4.78 is 5.72. The van der Waals surface area contributed by atoms with Gasteiger partial charge in [0.1, 0.15) is 5.75 Å². The monoisotopic (exact) mass is 289 g/mol. The highest BCUT2D eigenvalue weighted by Crippen LogP contribution is 2.24. The minimum atomic E-state index is -0.00347. The van der Waals surface area contributed by atoms with E-state index in [0.29, 0.717) is 12.0 Å². The van der Waals surface area contributed by atoms with Gasteiger partial charge in [-0.05, 0) is 42.9 Å². The van der Waals surface area contributed by atoms with Crippen LogP contribution in [0.4, 0.5) is 0 Å². The van der Waals surface area contributed by atoms with Gasteiger partial charge in [-0.2, -0.15) is 0 Å². The van der Waals surface area contributed by atoms with E-state index in [1.54, 1.807) is 0 Å².